The van der Waals surface area contributed by atoms with Crippen molar-refractivity contribution in [3.63, 3.8) is 0 Å². The zero-order valence-corrected chi connectivity index (χ0v) is 12.6. The van der Waals surface area contributed by atoms with Crippen molar-refractivity contribution in [1.29, 1.82) is 0 Å². The fraction of sp³-hybridized carbons (Fsp3) is 0.350. The second kappa shape index (κ2) is 6.26. The van der Waals surface area contributed by atoms with Crippen LogP contribution in [0.2, 0.25) is 0 Å². The van der Waals surface area contributed by atoms with Crippen LogP contribution >= 0.6 is 0 Å². The van der Waals surface area contributed by atoms with E-state index in [-0.39, 0.29) is 0 Å². The first-order chi connectivity index (χ1) is 10.3. The number of carbonyl (C=O) groups excluding carboxylic acids is 1. The Morgan fingerprint density at radius 3 is 2.48 bits per heavy atom. The number of hydrogen-bond donors (Lipinski definition) is 0. The van der Waals surface area contributed by atoms with E-state index in [1.54, 1.807) is 0 Å². The van der Waals surface area contributed by atoms with Gasteiger partial charge >= 0.3 is 0 Å². The quantitative estimate of drug-likeness (QED) is 0.697. The van der Waals surface area contributed by atoms with Crippen LogP contribution in [0.1, 0.15) is 58.6 Å². The van der Waals surface area contributed by atoms with Crippen LogP contribution in [0.3, 0.4) is 0 Å². The van der Waals surface area contributed by atoms with Gasteiger partial charge in [-0.25, -0.2) is 0 Å². The lowest BCUT2D eigenvalue weighted by Gasteiger charge is -2.27. The first kappa shape index (κ1) is 14.1. The van der Waals surface area contributed by atoms with E-state index in [9.17, 15) is 4.79 Å². The molecule has 0 heterocycles. The van der Waals surface area contributed by atoms with Crippen molar-refractivity contribution in [3.05, 3.63) is 70.8 Å². The summed E-state index contributed by atoms with van der Waals surface area (Å²) in [7, 11) is 0. The van der Waals surface area contributed by atoms with Crippen LogP contribution in [0.5, 0.6) is 0 Å². The summed E-state index contributed by atoms with van der Waals surface area (Å²) in [6.45, 7) is 2.11. The van der Waals surface area contributed by atoms with Crippen LogP contribution in [0.4, 0.5) is 0 Å². The third-order valence-corrected chi connectivity index (χ3v) is 4.69. The average Bonchev–Trinajstić information content (AvgIpc) is 2.45. The molecule has 0 saturated heterocycles. The fourth-order valence-corrected chi connectivity index (χ4v) is 3.10. The Balaban J connectivity index is 1.72. The minimum absolute atomic E-state index is 0.292. The van der Waals surface area contributed by atoms with Gasteiger partial charge in [0.15, 0.2) is 5.78 Å². The number of benzene rings is 2. The SMILES string of the molecule is Cc1ccccc1CCC(=O)c1ccccc1C1CCC1. The molecule has 0 unspecified atom stereocenters. The molecule has 21 heavy (non-hydrogen) atoms. The van der Waals surface area contributed by atoms with Crippen LogP contribution in [-0.4, -0.2) is 5.78 Å². The molecule has 1 nitrogen and oxygen atoms in total. The summed E-state index contributed by atoms with van der Waals surface area (Å²) in [5, 5.41) is 0. The van der Waals surface area contributed by atoms with E-state index in [0.29, 0.717) is 18.1 Å². The first-order valence-electron chi connectivity index (χ1n) is 7.92. The summed E-state index contributed by atoms with van der Waals surface area (Å²) >= 11 is 0. The molecule has 1 aliphatic carbocycles. The molecule has 1 fully saturated rings. The van der Waals surface area contributed by atoms with E-state index >= 15 is 0 Å². The maximum atomic E-state index is 12.6. The summed E-state index contributed by atoms with van der Waals surface area (Å²) in [6.07, 6.45) is 5.22. The van der Waals surface area contributed by atoms with Crippen LogP contribution < -0.4 is 0 Å². The van der Waals surface area contributed by atoms with Crippen LogP contribution in [0.25, 0.3) is 0 Å². The van der Waals surface area contributed by atoms with Crippen molar-refractivity contribution in [2.75, 3.05) is 0 Å². The van der Waals surface area contributed by atoms with E-state index in [1.807, 2.05) is 18.2 Å². The smallest absolute Gasteiger partial charge is 0.163 e. The summed E-state index contributed by atoms with van der Waals surface area (Å²) < 4.78 is 0. The minimum atomic E-state index is 0.292. The molecule has 0 aromatic heterocycles. The Kier molecular flexibility index (Phi) is 4.19. The van der Waals surface area contributed by atoms with E-state index < -0.39 is 0 Å². The minimum Gasteiger partial charge on any atom is -0.294 e. The summed E-state index contributed by atoms with van der Waals surface area (Å²) in [4.78, 5) is 12.6. The number of hydrogen-bond acceptors (Lipinski definition) is 1. The zero-order chi connectivity index (χ0) is 14.7. The van der Waals surface area contributed by atoms with Gasteiger partial charge in [-0.05, 0) is 48.8 Å². The number of Topliss-reactive ketones (excluding diaryl/α,β-unsaturated/α-hetero) is 1. The van der Waals surface area contributed by atoms with Gasteiger partial charge in [-0.1, -0.05) is 55.0 Å². The number of rotatable bonds is 5. The highest BCUT2D eigenvalue weighted by atomic mass is 16.1. The maximum absolute atomic E-state index is 12.6. The van der Waals surface area contributed by atoms with Gasteiger partial charge < -0.3 is 0 Å². The fourth-order valence-electron chi connectivity index (χ4n) is 3.10. The molecule has 3 rings (SSSR count). The van der Waals surface area contributed by atoms with Gasteiger partial charge in [-0.15, -0.1) is 0 Å². The highest BCUT2D eigenvalue weighted by Crippen LogP contribution is 2.38. The van der Waals surface area contributed by atoms with Gasteiger partial charge in [0, 0.05) is 12.0 Å². The largest absolute Gasteiger partial charge is 0.294 e. The van der Waals surface area contributed by atoms with Gasteiger partial charge in [0.2, 0.25) is 0 Å². The molecule has 1 saturated carbocycles. The Morgan fingerprint density at radius 2 is 1.76 bits per heavy atom. The van der Waals surface area contributed by atoms with Crippen molar-refractivity contribution in [1.82, 2.24) is 0 Å². The Labute approximate surface area is 127 Å². The summed E-state index contributed by atoms with van der Waals surface area (Å²) in [5.41, 5.74) is 4.79. The van der Waals surface area contributed by atoms with Gasteiger partial charge in [-0.2, -0.15) is 0 Å². The molecular weight excluding hydrogens is 256 g/mol. The van der Waals surface area contributed by atoms with Gasteiger partial charge in [-0.3, -0.25) is 4.79 Å². The lowest BCUT2D eigenvalue weighted by Crippen LogP contribution is -2.14. The summed E-state index contributed by atoms with van der Waals surface area (Å²) in [5.74, 6) is 0.907. The van der Waals surface area contributed by atoms with E-state index in [2.05, 4.69) is 37.3 Å². The van der Waals surface area contributed by atoms with E-state index in [1.165, 1.54) is 36.0 Å². The standard InChI is InChI=1S/C20H22O/c1-15-7-2-3-8-16(15)13-14-20(21)19-12-5-4-11-18(19)17-9-6-10-17/h2-5,7-8,11-12,17H,6,9-10,13-14H2,1H3. The van der Waals surface area contributed by atoms with Crippen LogP contribution in [0.15, 0.2) is 48.5 Å². The molecule has 108 valence electrons. The van der Waals surface area contributed by atoms with Crippen LogP contribution in [-0.2, 0) is 6.42 Å². The maximum Gasteiger partial charge on any atom is 0.163 e. The van der Waals surface area contributed by atoms with Crippen molar-refractivity contribution >= 4 is 5.78 Å². The van der Waals surface area contributed by atoms with Crippen LogP contribution in [0, 0.1) is 6.92 Å². The lowest BCUT2D eigenvalue weighted by atomic mass is 9.77. The first-order valence-corrected chi connectivity index (χ1v) is 7.92. The monoisotopic (exact) mass is 278 g/mol. The predicted molar refractivity (Wildman–Crippen MR) is 86.9 cm³/mol. The molecule has 0 radical (unpaired) electrons. The van der Waals surface area contributed by atoms with Crippen molar-refractivity contribution < 1.29 is 4.79 Å². The van der Waals surface area contributed by atoms with Gasteiger partial charge in [0.25, 0.3) is 0 Å². The Hall–Kier alpha value is -1.89. The van der Waals surface area contributed by atoms with E-state index in [0.717, 1.165) is 12.0 Å². The second-order valence-corrected chi connectivity index (χ2v) is 6.06. The molecule has 0 aliphatic heterocycles. The number of ketones is 1. The molecule has 0 bridgehead atoms. The molecule has 1 heteroatoms. The van der Waals surface area contributed by atoms with E-state index in [4.69, 9.17) is 0 Å². The number of aryl methyl sites for hydroxylation is 2. The number of carbonyl (C=O) groups is 1. The summed E-state index contributed by atoms with van der Waals surface area (Å²) in [6, 6.07) is 16.5. The molecule has 2 aromatic carbocycles. The molecule has 2 aromatic rings. The lowest BCUT2D eigenvalue weighted by molar-refractivity contribution is 0.0981. The highest BCUT2D eigenvalue weighted by molar-refractivity contribution is 5.97. The predicted octanol–water partition coefficient (Wildman–Crippen LogP) is 5.08. The molecule has 0 spiro atoms. The zero-order valence-electron chi connectivity index (χ0n) is 12.6. The normalized spacial score (nSPS) is 14.7. The van der Waals surface area contributed by atoms with Crippen molar-refractivity contribution in [3.8, 4) is 0 Å². The topological polar surface area (TPSA) is 17.1 Å². The molecular formula is C20H22O. The van der Waals surface area contributed by atoms with Gasteiger partial charge in [0.1, 0.15) is 0 Å². The average molecular weight is 278 g/mol. The van der Waals surface area contributed by atoms with Gasteiger partial charge in [0.05, 0.1) is 0 Å². The Bertz CT molecular complexity index is 638. The van der Waals surface area contributed by atoms with Crippen molar-refractivity contribution in [2.24, 2.45) is 0 Å². The molecule has 1 aliphatic rings. The molecule has 0 atom stereocenters. The third kappa shape index (κ3) is 3.07. The molecule has 0 N–H and O–H groups in total. The Morgan fingerprint density at radius 1 is 1.05 bits per heavy atom. The highest BCUT2D eigenvalue weighted by Gasteiger charge is 2.23. The van der Waals surface area contributed by atoms with Crippen molar-refractivity contribution in [2.45, 2.75) is 44.9 Å². The third-order valence-electron chi connectivity index (χ3n) is 4.69. The second-order valence-electron chi connectivity index (χ2n) is 6.06. The molecule has 0 amide bonds.